The van der Waals surface area contributed by atoms with Crippen molar-refractivity contribution in [3.05, 3.63) is 102 Å². The first-order valence-electron chi connectivity index (χ1n) is 23.2. The van der Waals surface area contributed by atoms with Gasteiger partial charge in [-0.1, -0.05) is 138 Å². The van der Waals surface area contributed by atoms with Gasteiger partial charge >= 0.3 is 11.7 Å². The molecule has 68 heavy (non-hydrogen) atoms. The summed E-state index contributed by atoms with van der Waals surface area (Å²) in [6.07, 6.45) is 13.6. The summed E-state index contributed by atoms with van der Waals surface area (Å²) in [5, 5.41) is 16.1. The number of ether oxygens (including phenoxy) is 1. The van der Waals surface area contributed by atoms with E-state index in [9.17, 15) is 32.7 Å². The van der Waals surface area contributed by atoms with Gasteiger partial charge in [0.1, 0.15) is 18.1 Å². The van der Waals surface area contributed by atoms with Gasteiger partial charge < -0.3 is 24.4 Å². The van der Waals surface area contributed by atoms with Gasteiger partial charge in [0, 0.05) is 19.5 Å². The molecule has 16 nitrogen and oxygen atoms in total. The number of unbranched alkanes of at least 4 members (excludes halogenated alkanes) is 11. The number of fused-ring (bicyclic) bond motifs is 1. The van der Waals surface area contributed by atoms with E-state index in [1.807, 2.05) is 6.92 Å². The van der Waals surface area contributed by atoms with Crippen molar-refractivity contribution >= 4 is 79.0 Å². The van der Waals surface area contributed by atoms with Crippen LogP contribution in [0.2, 0.25) is 15.1 Å². The highest BCUT2D eigenvalue weighted by Crippen LogP contribution is 2.36. The molecule has 0 fully saturated rings. The average Bonchev–Trinajstić information content (AvgIpc) is 3.58. The average molecular weight is 1020 g/mol. The minimum Gasteiger partial charge on any atom is -0.495 e. The number of rotatable bonds is 28. The second-order valence-corrected chi connectivity index (χ2v) is 19.4. The van der Waals surface area contributed by atoms with E-state index in [0.29, 0.717) is 30.5 Å². The number of aromatic hydroxyl groups is 1. The molecule has 1 unspecified atom stereocenters. The molecule has 5 rings (SSSR count). The smallest absolute Gasteiger partial charge is 0.423 e. The third-order valence-corrected chi connectivity index (χ3v) is 13.7. The van der Waals surface area contributed by atoms with E-state index in [2.05, 4.69) is 23.9 Å². The maximum atomic E-state index is 15.0. The van der Waals surface area contributed by atoms with Crippen LogP contribution in [0.15, 0.2) is 73.5 Å². The van der Waals surface area contributed by atoms with Crippen LogP contribution in [0.5, 0.6) is 11.6 Å². The van der Waals surface area contributed by atoms with E-state index in [1.54, 1.807) is 17.2 Å². The van der Waals surface area contributed by atoms with E-state index in [0.717, 1.165) is 87.7 Å². The molecule has 370 valence electrons. The predicted molar refractivity (Wildman–Crippen MR) is 266 cm³/mol. The molecule has 3 N–H and O–H groups in total. The highest BCUT2D eigenvalue weighted by molar-refractivity contribution is 7.92. The number of methoxy groups -OCH3 is 1. The Kier molecular flexibility index (Phi) is 20.6. The van der Waals surface area contributed by atoms with Crippen molar-refractivity contribution in [2.24, 2.45) is 0 Å². The van der Waals surface area contributed by atoms with Crippen LogP contribution in [0.25, 0.3) is 10.9 Å². The number of oxazole rings is 1. The number of nitrogens with one attached hydrogen (secondary N) is 2. The molecule has 3 aromatic carbocycles. The molecular weight excluding hydrogens is 959 g/mol. The van der Waals surface area contributed by atoms with Crippen LogP contribution in [0.4, 0.5) is 11.4 Å². The lowest BCUT2D eigenvalue weighted by Crippen LogP contribution is -2.40. The van der Waals surface area contributed by atoms with Gasteiger partial charge in [0.25, 0.3) is 21.5 Å². The third kappa shape index (κ3) is 14.2. The lowest BCUT2D eigenvalue weighted by molar-refractivity contribution is -0.192. The van der Waals surface area contributed by atoms with Crippen LogP contribution in [0, 0.1) is 0 Å². The number of anilines is 2. The highest BCUT2D eigenvalue weighted by Gasteiger charge is 2.36. The molecule has 0 saturated heterocycles. The Labute approximate surface area is 411 Å². The van der Waals surface area contributed by atoms with Crippen molar-refractivity contribution in [2.45, 2.75) is 135 Å². The summed E-state index contributed by atoms with van der Waals surface area (Å²) in [4.78, 5) is 67.8. The summed E-state index contributed by atoms with van der Waals surface area (Å²) in [6.45, 7) is 6.42. The van der Waals surface area contributed by atoms with Gasteiger partial charge in [-0.25, -0.2) is 27.6 Å². The number of sulfonamides is 1. The molecular formula is C48H61Cl3N6O10S. The van der Waals surface area contributed by atoms with Gasteiger partial charge in [0.15, 0.2) is 11.8 Å². The molecule has 5 aromatic rings. The van der Waals surface area contributed by atoms with Crippen LogP contribution in [-0.4, -0.2) is 64.8 Å². The number of hydroxylamine groups is 2. The molecule has 1 amide bonds. The number of carbonyl (C=O) groups excluding carboxylic acids is 2. The fourth-order valence-corrected chi connectivity index (χ4v) is 9.39. The summed E-state index contributed by atoms with van der Waals surface area (Å²) in [6, 6.07) is 10.3. The van der Waals surface area contributed by atoms with Crippen molar-refractivity contribution in [3.8, 4) is 11.6 Å². The van der Waals surface area contributed by atoms with E-state index in [-0.39, 0.29) is 60.2 Å². The maximum absolute atomic E-state index is 15.0. The molecule has 1 atom stereocenters. The quantitative estimate of drug-likeness (QED) is 0.0243. The van der Waals surface area contributed by atoms with Gasteiger partial charge in [-0.3, -0.25) is 18.9 Å². The number of carbonyl (C=O) groups is 2. The molecule has 0 spiro atoms. The molecule has 0 aliphatic rings. The van der Waals surface area contributed by atoms with E-state index >= 15 is 0 Å². The number of hydrogen-bond donors (Lipinski definition) is 3. The number of nitrogens with zero attached hydrogens (tertiary/aromatic N) is 4. The predicted octanol–water partition coefficient (Wildman–Crippen LogP) is 10.7. The van der Waals surface area contributed by atoms with Crippen molar-refractivity contribution in [3.63, 3.8) is 0 Å². The monoisotopic (exact) mass is 1020 g/mol. The van der Waals surface area contributed by atoms with Crippen LogP contribution in [-0.2, 0) is 37.4 Å². The molecule has 0 aliphatic carbocycles. The first kappa shape index (κ1) is 53.9. The normalized spacial score (nSPS) is 12.1. The summed E-state index contributed by atoms with van der Waals surface area (Å²) in [5.41, 5.74) is -0.911. The molecule has 20 heteroatoms. The molecule has 0 radical (unpaired) electrons. The summed E-state index contributed by atoms with van der Waals surface area (Å²) in [5.74, 6) is -4.38. The Morgan fingerprint density at radius 3 is 2.07 bits per heavy atom. The van der Waals surface area contributed by atoms with Gasteiger partial charge in [0.05, 0.1) is 49.4 Å². The standard InChI is InChI=1S/C48H61Cl3N6O10S/c1-5-8-11-13-15-19-26-55(27-20-16-14-12-9-6-2)67-42(58)31-56-44(52-37-22-18-17-21-33(37)46(56)60)43(57-47(61)41(23-10-7-3)66-48(57)62)45(59)53-39-28-32(24-25-40(39)65-4)68(63,64)54-38-30-35(50)34(49)29-36(38)51/h17-18,21-22,24-25,28-30,43,54,61H,5-16,19-20,23,26-27,31H2,1-4H3,(H,53,59). The third-order valence-electron chi connectivity index (χ3n) is 11.3. The van der Waals surface area contributed by atoms with Crippen LogP contribution < -0.4 is 26.1 Å². The van der Waals surface area contributed by atoms with Crippen molar-refractivity contribution < 1.29 is 37.1 Å². The van der Waals surface area contributed by atoms with E-state index < -0.39 is 57.5 Å². The van der Waals surface area contributed by atoms with Crippen molar-refractivity contribution in [1.29, 1.82) is 0 Å². The fraction of sp³-hybridized carbons (Fsp3) is 0.479. The van der Waals surface area contributed by atoms with E-state index in [1.165, 1.54) is 43.5 Å². The molecule has 2 heterocycles. The zero-order chi connectivity index (χ0) is 49.4. The first-order chi connectivity index (χ1) is 32.6. The topological polar surface area (TPSA) is 204 Å². The summed E-state index contributed by atoms with van der Waals surface area (Å²) in [7, 11) is -3.16. The second kappa shape index (κ2) is 26.1. The minimum atomic E-state index is -4.44. The number of amides is 1. The summed E-state index contributed by atoms with van der Waals surface area (Å²) < 4.78 is 42.5. The second-order valence-electron chi connectivity index (χ2n) is 16.5. The minimum absolute atomic E-state index is 0.0146. The van der Waals surface area contributed by atoms with Crippen molar-refractivity contribution in [1.82, 2.24) is 19.2 Å². The zero-order valence-corrected chi connectivity index (χ0v) is 42.0. The SMILES string of the molecule is CCCCCCCCN(CCCCCCCC)OC(=O)Cn1c(C(C(=O)Nc2cc(S(=O)(=O)Nc3cc(Cl)c(Cl)cc3Cl)ccc2OC)n2c(O)c(CCCC)oc2=O)nc2ccccc2c1=O. The van der Waals surface area contributed by atoms with Crippen molar-refractivity contribution in [2.75, 3.05) is 30.2 Å². The Morgan fingerprint density at radius 1 is 0.809 bits per heavy atom. The summed E-state index contributed by atoms with van der Waals surface area (Å²) >= 11 is 18.5. The highest BCUT2D eigenvalue weighted by atomic mass is 35.5. The fourth-order valence-electron chi connectivity index (χ4n) is 7.65. The largest absolute Gasteiger partial charge is 0.495 e. The van der Waals surface area contributed by atoms with Gasteiger partial charge in [0.2, 0.25) is 5.88 Å². The molecule has 2 aromatic heterocycles. The number of aryl methyl sites for hydroxylation is 1. The Hall–Kier alpha value is -5.07. The first-order valence-corrected chi connectivity index (χ1v) is 25.8. The number of halogens is 3. The van der Waals surface area contributed by atoms with Crippen LogP contribution >= 0.6 is 34.8 Å². The van der Waals surface area contributed by atoms with Gasteiger partial charge in [-0.05, 0) is 61.7 Å². The number of hydrogen-bond acceptors (Lipinski definition) is 12. The number of para-hydroxylation sites is 1. The van der Waals surface area contributed by atoms with Crippen LogP contribution in [0.1, 0.15) is 128 Å². The number of aromatic nitrogens is 3. The Balaban J connectivity index is 1.58. The zero-order valence-electron chi connectivity index (χ0n) is 39.0. The lowest BCUT2D eigenvalue weighted by Gasteiger charge is -2.24. The molecule has 0 aliphatic heterocycles. The van der Waals surface area contributed by atoms with Crippen LogP contribution in [0.3, 0.4) is 0 Å². The molecule has 0 bridgehead atoms. The number of benzene rings is 3. The Morgan fingerprint density at radius 2 is 1.43 bits per heavy atom. The van der Waals surface area contributed by atoms with Gasteiger partial charge in [-0.2, -0.15) is 0 Å². The van der Waals surface area contributed by atoms with E-state index in [4.69, 9.17) is 53.8 Å². The Bertz CT molecular complexity index is 2730. The van der Waals surface area contributed by atoms with Gasteiger partial charge in [-0.15, -0.1) is 5.06 Å². The lowest BCUT2D eigenvalue weighted by atomic mass is 10.1. The maximum Gasteiger partial charge on any atom is 0.423 e. The molecule has 0 saturated carbocycles.